The summed E-state index contributed by atoms with van der Waals surface area (Å²) in [7, 11) is 0. The van der Waals surface area contributed by atoms with Crippen LogP contribution >= 0.6 is 0 Å². The van der Waals surface area contributed by atoms with E-state index in [4.69, 9.17) is 4.74 Å². The van der Waals surface area contributed by atoms with E-state index in [2.05, 4.69) is 41.4 Å². The molecule has 150 valence electrons. The summed E-state index contributed by atoms with van der Waals surface area (Å²) in [5.41, 5.74) is 3.82. The molecule has 0 aromatic heterocycles. The lowest BCUT2D eigenvalue weighted by Crippen LogP contribution is -2.40. The maximum Gasteiger partial charge on any atom is 0.223 e. The second-order valence-electron chi connectivity index (χ2n) is 8.01. The van der Waals surface area contributed by atoms with Crippen molar-refractivity contribution in [1.29, 1.82) is 0 Å². The van der Waals surface area contributed by atoms with Crippen molar-refractivity contribution in [2.24, 2.45) is 5.92 Å². The highest BCUT2D eigenvalue weighted by Crippen LogP contribution is 2.21. The first kappa shape index (κ1) is 20.4. The Morgan fingerprint density at radius 2 is 1.79 bits per heavy atom. The average Bonchev–Trinajstić information content (AvgIpc) is 2.69. The lowest BCUT2D eigenvalue weighted by atomic mass is 9.95. The first-order valence-electron chi connectivity index (χ1n) is 10.3. The minimum Gasteiger partial charge on any atom is -0.491 e. The molecule has 28 heavy (non-hydrogen) atoms. The Morgan fingerprint density at radius 3 is 2.43 bits per heavy atom. The van der Waals surface area contributed by atoms with Crippen molar-refractivity contribution in [2.75, 3.05) is 13.1 Å². The van der Waals surface area contributed by atoms with E-state index in [1.54, 1.807) is 0 Å². The monoisotopic (exact) mass is 380 g/mol. The van der Waals surface area contributed by atoms with Gasteiger partial charge < -0.3 is 10.1 Å². The molecule has 1 heterocycles. The van der Waals surface area contributed by atoms with Crippen molar-refractivity contribution in [3.63, 3.8) is 0 Å². The second kappa shape index (κ2) is 9.74. The Bertz CT molecular complexity index is 762. The molecule has 0 radical (unpaired) electrons. The van der Waals surface area contributed by atoms with Crippen LogP contribution in [-0.4, -0.2) is 30.0 Å². The number of carbonyl (C=O) groups excluding carboxylic acids is 1. The minimum absolute atomic E-state index is 0.122. The van der Waals surface area contributed by atoms with E-state index in [1.807, 2.05) is 38.1 Å². The number of amides is 1. The van der Waals surface area contributed by atoms with Gasteiger partial charge in [0.2, 0.25) is 5.91 Å². The number of ether oxygens (including phenoxy) is 1. The third-order valence-electron chi connectivity index (χ3n) is 5.38. The molecule has 1 saturated heterocycles. The van der Waals surface area contributed by atoms with Gasteiger partial charge >= 0.3 is 0 Å². The Morgan fingerprint density at radius 1 is 1.11 bits per heavy atom. The molecule has 1 aliphatic heterocycles. The van der Waals surface area contributed by atoms with Crippen molar-refractivity contribution in [1.82, 2.24) is 10.2 Å². The van der Waals surface area contributed by atoms with Crippen LogP contribution in [0.25, 0.3) is 0 Å². The zero-order valence-corrected chi connectivity index (χ0v) is 17.3. The van der Waals surface area contributed by atoms with Crippen molar-refractivity contribution in [3.8, 4) is 5.75 Å². The third kappa shape index (κ3) is 5.83. The molecule has 0 saturated carbocycles. The molecular formula is C24H32N2O2. The summed E-state index contributed by atoms with van der Waals surface area (Å²) in [5, 5.41) is 3.10. The van der Waals surface area contributed by atoms with Crippen LogP contribution in [0.4, 0.5) is 0 Å². The van der Waals surface area contributed by atoms with Gasteiger partial charge in [-0.3, -0.25) is 9.69 Å². The van der Waals surface area contributed by atoms with E-state index >= 15 is 0 Å². The van der Waals surface area contributed by atoms with Gasteiger partial charge in [-0.25, -0.2) is 0 Å². The maximum atomic E-state index is 12.5. The van der Waals surface area contributed by atoms with E-state index in [1.165, 1.54) is 11.1 Å². The lowest BCUT2D eigenvalue weighted by molar-refractivity contribution is -0.126. The van der Waals surface area contributed by atoms with Crippen molar-refractivity contribution >= 4 is 5.91 Å². The summed E-state index contributed by atoms with van der Waals surface area (Å²) < 4.78 is 5.66. The third-order valence-corrected chi connectivity index (χ3v) is 5.38. The maximum absolute atomic E-state index is 12.5. The minimum atomic E-state index is 0.122. The summed E-state index contributed by atoms with van der Waals surface area (Å²) in [6, 6.07) is 16.5. The zero-order chi connectivity index (χ0) is 19.9. The first-order chi connectivity index (χ1) is 13.5. The largest absolute Gasteiger partial charge is 0.491 e. The summed E-state index contributed by atoms with van der Waals surface area (Å²) in [5.74, 6) is 1.17. The number of hydrogen-bond acceptors (Lipinski definition) is 3. The van der Waals surface area contributed by atoms with E-state index in [0.29, 0.717) is 6.54 Å². The molecule has 2 aromatic rings. The van der Waals surface area contributed by atoms with E-state index < -0.39 is 0 Å². The molecular weight excluding hydrogens is 348 g/mol. The Balaban J connectivity index is 1.42. The molecule has 1 N–H and O–H groups in total. The molecule has 0 unspecified atom stereocenters. The van der Waals surface area contributed by atoms with Gasteiger partial charge in [0.1, 0.15) is 5.75 Å². The molecule has 0 aliphatic carbocycles. The molecule has 3 rings (SSSR count). The van der Waals surface area contributed by atoms with Gasteiger partial charge in [0.15, 0.2) is 0 Å². The number of nitrogens with one attached hydrogen (secondary N) is 1. The number of hydrogen-bond donors (Lipinski definition) is 1. The van der Waals surface area contributed by atoms with Crippen LogP contribution in [0.2, 0.25) is 0 Å². The van der Waals surface area contributed by atoms with Crippen molar-refractivity contribution in [3.05, 3.63) is 65.2 Å². The lowest BCUT2D eigenvalue weighted by Gasteiger charge is -2.31. The topological polar surface area (TPSA) is 41.6 Å². The van der Waals surface area contributed by atoms with Crippen LogP contribution in [-0.2, 0) is 17.9 Å². The van der Waals surface area contributed by atoms with Crippen LogP contribution < -0.4 is 10.1 Å². The van der Waals surface area contributed by atoms with Gasteiger partial charge in [-0.15, -0.1) is 0 Å². The van der Waals surface area contributed by atoms with Gasteiger partial charge in [0, 0.05) is 19.0 Å². The molecule has 0 spiro atoms. The fourth-order valence-electron chi connectivity index (χ4n) is 3.67. The Hall–Kier alpha value is -2.33. The van der Waals surface area contributed by atoms with Gasteiger partial charge in [-0.1, -0.05) is 36.4 Å². The average molecular weight is 381 g/mol. The first-order valence-corrected chi connectivity index (χ1v) is 10.3. The highest BCUT2D eigenvalue weighted by atomic mass is 16.5. The predicted octanol–water partition coefficient (Wildman–Crippen LogP) is 4.31. The smallest absolute Gasteiger partial charge is 0.223 e. The van der Waals surface area contributed by atoms with Crippen molar-refractivity contribution in [2.45, 2.75) is 52.8 Å². The van der Waals surface area contributed by atoms with E-state index in [-0.39, 0.29) is 17.9 Å². The molecule has 1 aliphatic rings. The SMILES string of the molecule is Cc1ccccc1CN1CCC(C(=O)NCc2ccc(OC(C)C)cc2)CC1. The van der Waals surface area contributed by atoms with Gasteiger partial charge in [0.05, 0.1) is 6.10 Å². The summed E-state index contributed by atoms with van der Waals surface area (Å²) in [4.78, 5) is 15.0. The highest BCUT2D eigenvalue weighted by molar-refractivity contribution is 5.78. The van der Waals surface area contributed by atoms with Crippen LogP contribution in [0, 0.1) is 12.8 Å². The molecule has 0 atom stereocenters. The fraction of sp³-hybridized carbons (Fsp3) is 0.458. The molecule has 1 amide bonds. The number of nitrogens with zero attached hydrogens (tertiary/aromatic N) is 1. The predicted molar refractivity (Wildman–Crippen MR) is 113 cm³/mol. The number of piperidine rings is 1. The van der Waals surface area contributed by atoms with E-state index in [9.17, 15) is 4.79 Å². The molecule has 1 fully saturated rings. The summed E-state index contributed by atoms with van der Waals surface area (Å²) in [6.07, 6.45) is 2.03. The van der Waals surface area contributed by atoms with Crippen LogP contribution in [0.5, 0.6) is 5.75 Å². The van der Waals surface area contributed by atoms with Crippen molar-refractivity contribution < 1.29 is 9.53 Å². The highest BCUT2D eigenvalue weighted by Gasteiger charge is 2.24. The van der Waals surface area contributed by atoms with Gasteiger partial charge in [-0.05, 0) is 75.5 Å². The number of likely N-dealkylation sites (tertiary alicyclic amines) is 1. The normalized spacial score (nSPS) is 15.6. The second-order valence-corrected chi connectivity index (χ2v) is 8.01. The van der Waals surface area contributed by atoms with Crippen LogP contribution in [0.1, 0.15) is 43.4 Å². The number of benzene rings is 2. The summed E-state index contributed by atoms with van der Waals surface area (Å²) >= 11 is 0. The summed E-state index contributed by atoms with van der Waals surface area (Å²) in [6.45, 7) is 9.70. The zero-order valence-electron chi connectivity index (χ0n) is 17.3. The molecule has 4 nitrogen and oxygen atoms in total. The standard InChI is InChI=1S/C24H32N2O2/c1-18(2)28-23-10-8-20(9-11-23)16-25-24(27)21-12-14-26(15-13-21)17-22-7-5-4-6-19(22)3/h4-11,18,21H,12-17H2,1-3H3,(H,25,27). The van der Waals surface area contributed by atoms with Gasteiger partial charge in [-0.2, -0.15) is 0 Å². The number of rotatable bonds is 7. The fourth-order valence-corrected chi connectivity index (χ4v) is 3.67. The number of carbonyl (C=O) groups is 1. The van der Waals surface area contributed by atoms with Gasteiger partial charge in [0.25, 0.3) is 0 Å². The quantitative estimate of drug-likeness (QED) is 0.778. The Kier molecular flexibility index (Phi) is 7.10. The Labute approximate surface area is 168 Å². The molecule has 2 aromatic carbocycles. The number of aryl methyl sites for hydroxylation is 1. The molecule has 4 heteroatoms. The molecule has 0 bridgehead atoms. The van der Waals surface area contributed by atoms with E-state index in [0.717, 1.165) is 43.8 Å². The van der Waals surface area contributed by atoms with Crippen LogP contribution in [0.3, 0.4) is 0 Å². The van der Waals surface area contributed by atoms with Crippen LogP contribution in [0.15, 0.2) is 48.5 Å².